The monoisotopic (exact) mass is 356 g/mol. The molecule has 25 heavy (non-hydrogen) atoms. The lowest BCUT2D eigenvalue weighted by molar-refractivity contribution is 0.0992. The molecule has 6 nitrogen and oxygen atoms in total. The van der Waals surface area contributed by atoms with Gasteiger partial charge >= 0.3 is 0 Å². The first-order valence-corrected chi connectivity index (χ1v) is 8.06. The third-order valence-corrected chi connectivity index (χ3v) is 4.15. The topological polar surface area (TPSA) is 69.9 Å². The second-order valence-corrected chi connectivity index (χ2v) is 6.04. The van der Waals surface area contributed by atoms with Gasteiger partial charge in [-0.25, -0.2) is 14.6 Å². The largest absolute Gasteiger partial charge is 0.494 e. The predicted molar refractivity (Wildman–Crippen MR) is 94.7 cm³/mol. The zero-order valence-electron chi connectivity index (χ0n) is 14.2. The van der Waals surface area contributed by atoms with E-state index < -0.39 is 0 Å². The minimum Gasteiger partial charge on any atom is -0.494 e. The average Bonchev–Trinajstić information content (AvgIpc) is 2.99. The van der Waals surface area contributed by atoms with Crippen LogP contribution in [0.2, 0.25) is 5.15 Å². The highest BCUT2D eigenvalue weighted by Gasteiger charge is 2.17. The summed E-state index contributed by atoms with van der Waals surface area (Å²) >= 11 is 5.92. The van der Waals surface area contributed by atoms with Crippen LogP contribution in [0.4, 0.5) is 0 Å². The molecule has 0 saturated carbocycles. The summed E-state index contributed by atoms with van der Waals surface area (Å²) in [7, 11) is 1.51. The summed E-state index contributed by atoms with van der Waals surface area (Å²) in [4.78, 5) is 21.0. The first kappa shape index (κ1) is 17.1. The minimum atomic E-state index is -0.0537. The van der Waals surface area contributed by atoms with Crippen molar-refractivity contribution in [2.75, 3.05) is 7.11 Å². The fourth-order valence-electron chi connectivity index (χ4n) is 2.49. The highest BCUT2D eigenvalue weighted by Crippen LogP contribution is 2.23. The molecule has 0 aliphatic carbocycles. The van der Waals surface area contributed by atoms with Gasteiger partial charge in [-0.2, -0.15) is 5.10 Å². The highest BCUT2D eigenvalue weighted by atomic mass is 35.5. The van der Waals surface area contributed by atoms with Crippen molar-refractivity contribution >= 4 is 17.4 Å². The molecule has 0 radical (unpaired) electrons. The van der Waals surface area contributed by atoms with Crippen LogP contribution in [0.15, 0.2) is 36.8 Å². The number of ether oxygens (including phenoxy) is 1. The Morgan fingerprint density at radius 2 is 2.00 bits per heavy atom. The van der Waals surface area contributed by atoms with E-state index in [1.54, 1.807) is 29.3 Å². The van der Waals surface area contributed by atoms with Crippen LogP contribution in [0, 0.1) is 13.8 Å². The normalized spacial score (nSPS) is 10.7. The van der Waals surface area contributed by atoms with Crippen molar-refractivity contribution in [2.24, 2.45) is 0 Å². The van der Waals surface area contributed by atoms with Gasteiger partial charge in [-0.05, 0) is 37.1 Å². The van der Waals surface area contributed by atoms with Crippen molar-refractivity contribution in [3.63, 3.8) is 0 Å². The van der Waals surface area contributed by atoms with Crippen LogP contribution in [0.5, 0.6) is 5.75 Å². The van der Waals surface area contributed by atoms with Crippen LogP contribution in [0.3, 0.4) is 0 Å². The molecule has 0 aliphatic heterocycles. The van der Waals surface area contributed by atoms with Gasteiger partial charge in [0.05, 0.1) is 24.6 Å². The number of Topliss-reactive ketones (excluding diaryl/α,β-unsaturated/α-hetero) is 1. The number of methoxy groups -OCH3 is 1. The molecule has 0 aliphatic rings. The smallest absolute Gasteiger partial charge is 0.171 e. The van der Waals surface area contributed by atoms with Crippen LogP contribution in [0.25, 0.3) is 5.82 Å². The van der Waals surface area contributed by atoms with Crippen molar-refractivity contribution in [2.45, 2.75) is 20.3 Å². The number of hydrogen-bond donors (Lipinski definition) is 0. The molecule has 0 saturated heterocycles. The molecule has 3 heterocycles. The van der Waals surface area contributed by atoms with E-state index in [2.05, 4.69) is 15.1 Å². The van der Waals surface area contributed by atoms with Gasteiger partial charge in [-0.3, -0.25) is 4.79 Å². The van der Waals surface area contributed by atoms with Crippen molar-refractivity contribution < 1.29 is 9.53 Å². The maximum absolute atomic E-state index is 12.6. The van der Waals surface area contributed by atoms with Crippen LogP contribution in [-0.2, 0) is 6.42 Å². The van der Waals surface area contributed by atoms with E-state index >= 15 is 0 Å². The maximum atomic E-state index is 12.6. The quantitative estimate of drug-likeness (QED) is 0.518. The summed E-state index contributed by atoms with van der Waals surface area (Å²) < 4.78 is 6.80. The van der Waals surface area contributed by atoms with Crippen LogP contribution >= 0.6 is 11.6 Å². The number of carbonyl (C=O) groups is 1. The predicted octanol–water partition coefficient (Wildman–Crippen LogP) is 3.37. The lowest BCUT2D eigenvalue weighted by Gasteiger charge is -2.06. The van der Waals surface area contributed by atoms with Crippen LogP contribution < -0.4 is 4.74 Å². The Morgan fingerprint density at radius 3 is 2.68 bits per heavy atom. The molecule has 0 unspecified atom stereocenters. The number of ketones is 1. The van der Waals surface area contributed by atoms with Crippen molar-refractivity contribution in [3.8, 4) is 11.6 Å². The molecule has 128 valence electrons. The summed E-state index contributed by atoms with van der Waals surface area (Å²) in [5.74, 6) is 1.07. The number of halogens is 1. The van der Waals surface area contributed by atoms with E-state index in [0.29, 0.717) is 17.1 Å². The third-order valence-electron chi connectivity index (χ3n) is 3.87. The number of hydrogen-bond acceptors (Lipinski definition) is 5. The summed E-state index contributed by atoms with van der Waals surface area (Å²) in [6.45, 7) is 3.82. The van der Waals surface area contributed by atoms with Gasteiger partial charge < -0.3 is 4.74 Å². The molecule has 3 rings (SSSR count). The lowest BCUT2D eigenvalue weighted by Crippen LogP contribution is -2.07. The van der Waals surface area contributed by atoms with Gasteiger partial charge in [0, 0.05) is 18.8 Å². The second kappa shape index (κ2) is 7.03. The first-order valence-electron chi connectivity index (χ1n) is 7.69. The second-order valence-electron chi connectivity index (χ2n) is 5.69. The highest BCUT2D eigenvalue weighted by molar-refractivity contribution is 6.30. The molecule has 0 amide bonds. The molecule has 0 spiro atoms. The molecule has 0 aromatic carbocycles. The van der Waals surface area contributed by atoms with Gasteiger partial charge in [0.25, 0.3) is 0 Å². The lowest BCUT2D eigenvalue weighted by atomic mass is 10.1. The van der Waals surface area contributed by atoms with Gasteiger partial charge in [0.15, 0.2) is 22.5 Å². The molecule has 0 fully saturated rings. The summed E-state index contributed by atoms with van der Waals surface area (Å²) in [6.07, 6.45) is 5.10. The Morgan fingerprint density at radius 1 is 1.20 bits per heavy atom. The van der Waals surface area contributed by atoms with Crippen molar-refractivity contribution in [3.05, 3.63) is 64.3 Å². The van der Waals surface area contributed by atoms with Crippen LogP contribution in [-0.4, -0.2) is 32.6 Å². The Bertz CT molecular complexity index is 919. The van der Waals surface area contributed by atoms with Gasteiger partial charge in [0.2, 0.25) is 0 Å². The third kappa shape index (κ3) is 3.53. The van der Waals surface area contributed by atoms with Crippen molar-refractivity contribution in [1.29, 1.82) is 0 Å². The average molecular weight is 357 g/mol. The molecule has 3 aromatic rings. The first-order chi connectivity index (χ1) is 12.0. The van der Waals surface area contributed by atoms with Crippen molar-refractivity contribution in [1.82, 2.24) is 19.7 Å². The van der Waals surface area contributed by atoms with Gasteiger partial charge in [-0.15, -0.1) is 0 Å². The fourth-order valence-corrected chi connectivity index (χ4v) is 2.67. The Balaban J connectivity index is 1.85. The van der Waals surface area contributed by atoms with E-state index in [0.717, 1.165) is 16.8 Å². The fraction of sp³-hybridized carbons (Fsp3) is 0.222. The molecule has 7 heteroatoms. The van der Waals surface area contributed by atoms with E-state index in [1.807, 2.05) is 26.0 Å². The zero-order valence-corrected chi connectivity index (χ0v) is 14.9. The number of carbonyl (C=O) groups excluding carboxylic acids is 1. The van der Waals surface area contributed by atoms with Gasteiger partial charge in [-0.1, -0.05) is 17.7 Å². The van der Waals surface area contributed by atoms with E-state index in [-0.39, 0.29) is 17.4 Å². The standard InChI is InChI=1S/C18H17ClN4O2/c1-11-4-5-17(20-8-11)23-12(2)14(10-22-23)15(24)6-13-7-16(25-3)18(19)21-9-13/h4-5,7-10H,6H2,1-3H3. The molecule has 0 bridgehead atoms. The molecular weight excluding hydrogens is 340 g/mol. The number of rotatable bonds is 5. The SMILES string of the molecule is COc1cc(CC(=O)c2cnn(-c3ccc(C)cn3)c2C)cnc1Cl. The van der Waals surface area contributed by atoms with E-state index in [1.165, 1.54) is 7.11 Å². The van der Waals surface area contributed by atoms with Gasteiger partial charge in [0.1, 0.15) is 0 Å². The number of nitrogens with zero attached hydrogens (tertiary/aromatic N) is 4. The number of pyridine rings is 2. The Labute approximate surface area is 150 Å². The van der Waals surface area contributed by atoms with Crippen LogP contribution in [0.1, 0.15) is 27.2 Å². The number of aryl methyl sites for hydroxylation is 1. The number of aromatic nitrogens is 4. The zero-order chi connectivity index (χ0) is 18.0. The van der Waals surface area contributed by atoms with E-state index in [9.17, 15) is 4.79 Å². The Hall–Kier alpha value is -2.73. The summed E-state index contributed by atoms with van der Waals surface area (Å²) in [5, 5.41) is 4.57. The molecule has 3 aromatic heterocycles. The summed E-state index contributed by atoms with van der Waals surface area (Å²) in [6, 6.07) is 5.54. The molecular formula is C18H17ClN4O2. The Kier molecular flexibility index (Phi) is 4.81. The minimum absolute atomic E-state index is 0.0537. The summed E-state index contributed by atoms with van der Waals surface area (Å²) in [5.41, 5.74) is 3.09. The van der Waals surface area contributed by atoms with E-state index in [4.69, 9.17) is 16.3 Å². The molecule has 0 atom stereocenters. The maximum Gasteiger partial charge on any atom is 0.171 e. The molecule has 0 N–H and O–H groups in total.